The van der Waals surface area contributed by atoms with Gasteiger partial charge >= 0.3 is 11.9 Å². The van der Waals surface area contributed by atoms with Crippen molar-refractivity contribution in [3.05, 3.63) is 21.9 Å². The van der Waals surface area contributed by atoms with Gasteiger partial charge in [0.15, 0.2) is 0 Å². The van der Waals surface area contributed by atoms with Gasteiger partial charge in [-0.3, -0.25) is 4.79 Å². The Kier molecular flexibility index (Phi) is 5.11. The average molecular weight is 284 g/mol. The highest BCUT2D eigenvalue weighted by atomic mass is 32.1. The summed E-state index contributed by atoms with van der Waals surface area (Å²) < 4.78 is 5.27. The Labute approximate surface area is 117 Å². The van der Waals surface area contributed by atoms with E-state index in [1.54, 1.807) is 12.1 Å². The summed E-state index contributed by atoms with van der Waals surface area (Å²) in [6.45, 7) is 7.30. The molecule has 0 fully saturated rings. The largest absolute Gasteiger partial charge is 0.481 e. The first-order valence-electron chi connectivity index (χ1n) is 6.27. The molecule has 1 heterocycles. The highest BCUT2D eigenvalue weighted by molar-refractivity contribution is 7.13. The summed E-state index contributed by atoms with van der Waals surface area (Å²) in [7, 11) is 0. The van der Waals surface area contributed by atoms with Crippen molar-refractivity contribution < 1.29 is 19.4 Å². The third kappa shape index (κ3) is 5.03. The number of ether oxygens (including phenoxy) is 1. The van der Waals surface area contributed by atoms with E-state index in [0.717, 1.165) is 4.88 Å². The molecule has 5 heteroatoms. The van der Waals surface area contributed by atoms with E-state index >= 15 is 0 Å². The van der Waals surface area contributed by atoms with Gasteiger partial charge in [-0.2, -0.15) is 0 Å². The highest BCUT2D eigenvalue weighted by Gasteiger charge is 2.21. The van der Waals surface area contributed by atoms with Crippen LogP contribution in [0.25, 0.3) is 0 Å². The van der Waals surface area contributed by atoms with Crippen LogP contribution in [0, 0.1) is 5.92 Å². The van der Waals surface area contributed by atoms with Crippen LogP contribution < -0.4 is 0 Å². The zero-order chi connectivity index (χ0) is 14.6. The van der Waals surface area contributed by atoms with E-state index in [-0.39, 0.29) is 5.97 Å². The molecule has 0 radical (unpaired) electrons. The minimum atomic E-state index is -0.797. The lowest BCUT2D eigenvalue weighted by Gasteiger charge is -2.18. The molecule has 0 amide bonds. The van der Waals surface area contributed by atoms with E-state index in [1.165, 1.54) is 11.3 Å². The predicted molar refractivity (Wildman–Crippen MR) is 74.6 cm³/mol. The number of carbonyl (C=O) groups excluding carboxylic acids is 1. The molecule has 0 aliphatic heterocycles. The zero-order valence-corrected chi connectivity index (χ0v) is 12.5. The Hall–Kier alpha value is -1.36. The number of carboxylic acid groups (broad SMARTS) is 1. The van der Waals surface area contributed by atoms with Crippen molar-refractivity contribution in [3.63, 3.8) is 0 Å². The van der Waals surface area contributed by atoms with Crippen molar-refractivity contribution >= 4 is 23.3 Å². The first kappa shape index (κ1) is 15.7. The Balaban J connectivity index is 2.72. The van der Waals surface area contributed by atoms with Gasteiger partial charge in [0.25, 0.3) is 0 Å². The standard InChI is InChI=1S/C14H20O4S/c1-5-9(12(15)16)8-10-6-7-11(19-10)13(17)18-14(2,3)4/h6-7,9H,5,8H2,1-4H3,(H,15,16). The summed E-state index contributed by atoms with van der Waals surface area (Å²) in [5, 5.41) is 9.02. The SMILES string of the molecule is CCC(Cc1ccc(C(=O)OC(C)(C)C)s1)C(=O)O. The minimum Gasteiger partial charge on any atom is -0.481 e. The van der Waals surface area contributed by atoms with Gasteiger partial charge in [0, 0.05) is 4.88 Å². The van der Waals surface area contributed by atoms with E-state index in [4.69, 9.17) is 9.84 Å². The third-order valence-corrected chi connectivity index (χ3v) is 3.64. The van der Waals surface area contributed by atoms with Gasteiger partial charge in [-0.25, -0.2) is 4.79 Å². The number of rotatable bonds is 5. The molecule has 0 bridgehead atoms. The van der Waals surface area contributed by atoms with E-state index in [9.17, 15) is 9.59 Å². The molecule has 1 rings (SSSR count). The number of esters is 1. The molecule has 0 saturated carbocycles. The van der Waals surface area contributed by atoms with E-state index < -0.39 is 17.5 Å². The Morgan fingerprint density at radius 2 is 2.00 bits per heavy atom. The lowest BCUT2D eigenvalue weighted by Crippen LogP contribution is -2.23. The first-order chi connectivity index (χ1) is 8.73. The van der Waals surface area contributed by atoms with Crippen molar-refractivity contribution in [2.45, 2.75) is 46.1 Å². The molecule has 4 nitrogen and oxygen atoms in total. The number of thiophene rings is 1. The van der Waals surface area contributed by atoms with Gasteiger partial charge in [0.05, 0.1) is 5.92 Å². The molecule has 1 aromatic rings. The second-order valence-electron chi connectivity index (χ2n) is 5.42. The minimum absolute atomic E-state index is 0.355. The van der Waals surface area contributed by atoms with Crippen LogP contribution >= 0.6 is 11.3 Å². The molecule has 1 aromatic heterocycles. The maximum atomic E-state index is 11.8. The van der Waals surface area contributed by atoms with E-state index in [0.29, 0.717) is 17.7 Å². The molecule has 1 atom stereocenters. The molecule has 0 spiro atoms. The van der Waals surface area contributed by atoms with Crippen LogP contribution in [0.5, 0.6) is 0 Å². The molecule has 0 saturated heterocycles. The van der Waals surface area contributed by atoms with Gasteiger partial charge in [0.1, 0.15) is 10.5 Å². The van der Waals surface area contributed by atoms with Crippen molar-refractivity contribution in [1.82, 2.24) is 0 Å². The molecule has 19 heavy (non-hydrogen) atoms. The fourth-order valence-electron chi connectivity index (χ4n) is 1.57. The van der Waals surface area contributed by atoms with Crippen molar-refractivity contribution in [2.75, 3.05) is 0 Å². The molecular weight excluding hydrogens is 264 g/mol. The van der Waals surface area contributed by atoms with Crippen LogP contribution in [0.15, 0.2) is 12.1 Å². The number of carboxylic acids is 1. The topological polar surface area (TPSA) is 63.6 Å². The normalized spacial score (nSPS) is 13.1. The Morgan fingerprint density at radius 3 is 2.47 bits per heavy atom. The van der Waals surface area contributed by atoms with Crippen LogP contribution in [0.4, 0.5) is 0 Å². The van der Waals surface area contributed by atoms with Crippen LogP contribution in [0.1, 0.15) is 48.7 Å². The monoisotopic (exact) mass is 284 g/mol. The molecular formula is C14H20O4S. The smallest absolute Gasteiger partial charge is 0.348 e. The fraction of sp³-hybridized carbons (Fsp3) is 0.571. The fourth-order valence-corrected chi connectivity index (χ4v) is 2.54. The average Bonchev–Trinajstić information content (AvgIpc) is 2.71. The van der Waals surface area contributed by atoms with Crippen molar-refractivity contribution in [3.8, 4) is 0 Å². The van der Waals surface area contributed by atoms with Crippen molar-refractivity contribution in [1.29, 1.82) is 0 Å². The molecule has 0 aliphatic carbocycles. The van der Waals surface area contributed by atoms with Gasteiger partial charge in [-0.05, 0) is 45.7 Å². The van der Waals surface area contributed by atoms with Gasteiger partial charge in [-0.15, -0.1) is 11.3 Å². The third-order valence-electron chi connectivity index (χ3n) is 2.55. The second kappa shape index (κ2) is 6.19. The predicted octanol–water partition coefficient (Wildman–Crippen LogP) is 3.36. The lowest BCUT2D eigenvalue weighted by molar-refractivity contribution is -0.141. The van der Waals surface area contributed by atoms with Gasteiger partial charge in [0.2, 0.25) is 0 Å². The first-order valence-corrected chi connectivity index (χ1v) is 7.09. The number of aliphatic carboxylic acids is 1. The summed E-state index contributed by atoms with van der Waals surface area (Å²) in [5.41, 5.74) is -0.520. The summed E-state index contributed by atoms with van der Waals surface area (Å²) in [5.74, 6) is -1.55. The summed E-state index contributed by atoms with van der Waals surface area (Å²) in [6, 6.07) is 3.50. The van der Waals surface area contributed by atoms with Crippen molar-refractivity contribution in [2.24, 2.45) is 5.92 Å². The Morgan fingerprint density at radius 1 is 1.37 bits per heavy atom. The second-order valence-corrected chi connectivity index (χ2v) is 6.58. The van der Waals surface area contributed by atoms with Gasteiger partial charge in [-0.1, -0.05) is 6.92 Å². The zero-order valence-electron chi connectivity index (χ0n) is 11.7. The van der Waals surface area contributed by atoms with Crippen LogP contribution in [-0.2, 0) is 16.0 Å². The van der Waals surface area contributed by atoms with Crippen LogP contribution in [0.2, 0.25) is 0 Å². The molecule has 106 valence electrons. The van der Waals surface area contributed by atoms with Gasteiger partial charge < -0.3 is 9.84 Å². The molecule has 1 unspecified atom stereocenters. The number of hydrogen-bond acceptors (Lipinski definition) is 4. The molecule has 1 N–H and O–H groups in total. The highest BCUT2D eigenvalue weighted by Crippen LogP contribution is 2.23. The quantitative estimate of drug-likeness (QED) is 0.842. The number of carbonyl (C=O) groups is 2. The number of hydrogen-bond donors (Lipinski definition) is 1. The maximum absolute atomic E-state index is 11.8. The summed E-state index contributed by atoms with van der Waals surface area (Å²) >= 11 is 1.30. The maximum Gasteiger partial charge on any atom is 0.348 e. The molecule has 0 aromatic carbocycles. The summed E-state index contributed by atoms with van der Waals surface area (Å²) in [6.07, 6.45) is 1.04. The van der Waals surface area contributed by atoms with E-state index in [2.05, 4.69) is 0 Å². The summed E-state index contributed by atoms with van der Waals surface area (Å²) in [4.78, 5) is 24.2. The Bertz CT molecular complexity index is 456. The van der Waals surface area contributed by atoms with Crippen LogP contribution in [0.3, 0.4) is 0 Å². The van der Waals surface area contributed by atoms with E-state index in [1.807, 2.05) is 27.7 Å². The lowest BCUT2D eigenvalue weighted by atomic mass is 10.0. The molecule has 0 aliphatic rings. The van der Waals surface area contributed by atoms with Crippen LogP contribution in [-0.4, -0.2) is 22.6 Å².